The number of carbonyl (C=O) groups excluding carboxylic acids is 1. The smallest absolute Gasteiger partial charge is 0.412 e. The molecule has 1 N–H and O–H groups in total. The van der Waals surface area contributed by atoms with Gasteiger partial charge in [0.15, 0.2) is 0 Å². The Hall–Kier alpha value is -1.03. The molecule has 4 heteroatoms. The molecule has 0 saturated heterocycles. The molecule has 1 amide bonds. The van der Waals surface area contributed by atoms with E-state index in [1.807, 2.05) is 17.5 Å². The van der Waals surface area contributed by atoms with Crippen molar-refractivity contribution in [3.63, 3.8) is 0 Å². The number of rotatable bonds is 2. The zero-order chi connectivity index (χ0) is 10.5. The van der Waals surface area contributed by atoms with Gasteiger partial charge in [-0.3, -0.25) is 5.32 Å². The summed E-state index contributed by atoms with van der Waals surface area (Å²) in [6, 6.07) is 3.77. The molecule has 0 bridgehead atoms. The molecule has 82 valence electrons. The Kier molecular flexibility index (Phi) is 3.61. The largest absolute Gasteiger partial charge is 0.446 e. The van der Waals surface area contributed by atoms with Gasteiger partial charge in [0.25, 0.3) is 0 Å². The molecule has 3 nitrogen and oxygen atoms in total. The van der Waals surface area contributed by atoms with Gasteiger partial charge in [-0.1, -0.05) is 6.42 Å². The molecule has 0 unspecified atom stereocenters. The molecule has 1 saturated carbocycles. The fourth-order valence-electron chi connectivity index (χ4n) is 1.81. The van der Waals surface area contributed by atoms with Gasteiger partial charge in [0, 0.05) is 0 Å². The number of thiophene rings is 1. The van der Waals surface area contributed by atoms with Gasteiger partial charge in [-0.15, -0.1) is 11.3 Å². The molecule has 1 heterocycles. The monoisotopic (exact) mass is 225 g/mol. The molecule has 1 aromatic rings. The predicted molar refractivity (Wildman–Crippen MR) is 61.3 cm³/mol. The van der Waals surface area contributed by atoms with Crippen LogP contribution in [-0.2, 0) is 4.74 Å². The van der Waals surface area contributed by atoms with E-state index in [4.69, 9.17) is 4.74 Å². The van der Waals surface area contributed by atoms with Crippen molar-refractivity contribution in [1.82, 2.24) is 0 Å². The highest BCUT2D eigenvalue weighted by Gasteiger charge is 2.17. The van der Waals surface area contributed by atoms with Crippen molar-refractivity contribution < 1.29 is 9.53 Å². The quantitative estimate of drug-likeness (QED) is 0.834. The van der Waals surface area contributed by atoms with E-state index >= 15 is 0 Å². The van der Waals surface area contributed by atoms with Crippen LogP contribution in [0, 0.1) is 0 Å². The van der Waals surface area contributed by atoms with Crippen LogP contribution in [0.1, 0.15) is 32.1 Å². The van der Waals surface area contributed by atoms with Crippen molar-refractivity contribution >= 4 is 22.4 Å². The van der Waals surface area contributed by atoms with Crippen LogP contribution in [0.2, 0.25) is 0 Å². The van der Waals surface area contributed by atoms with Crippen molar-refractivity contribution in [2.45, 2.75) is 38.2 Å². The molecule has 2 rings (SSSR count). The lowest BCUT2D eigenvalue weighted by atomic mass is 9.98. The Balaban J connectivity index is 1.76. The van der Waals surface area contributed by atoms with Crippen LogP contribution < -0.4 is 5.32 Å². The topological polar surface area (TPSA) is 38.3 Å². The van der Waals surface area contributed by atoms with Gasteiger partial charge in [0.2, 0.25) is 0 Å². The van der Waals surface area contributed by atoms with Crippen molar-refractivity contribution in [3.8, 4) is 0 Å². The first-order chi connectivity index (χ1) is 7.34. The minimum atomic E-state index is -0.315. The summed E-state index contributed by atoms with van der Waals surface area (Å²) in [6.07, 6.45) is 5.46. The highest BCUT2D eigenvalue weighted by Crippen LogP contribution is 2.21. The van der Waals surface area contributed by atoms with E-state index < -0.39 is 0 Å². The third-order valence-corrected chi connectivity index (χ3v) is 3.36. The number of hydrogen-bond acceptors (Lipinski definition) is 3. The van der Waals surface area contributed by atoms with E-state index in [0.29, 0.717) is 0 Å². The van der Waals surface area contributed by atoms with Crippen LogP contribution in [0.4, 0.5) is 9.80 Å². The highest BCUT2D eigenvalue weighted by molar-refractivity contribution is 7.14. The van der Waals surface area contributed by atoms with Gasteiger partial charge in [0.05, 0.1) is 5.00 Å². The van der Waals surface area contributed by atoms with Gasteiger partial charge >= 0.3 is 6.09 Å². The van der Waals surface area contributed by atoms with Crippen molar-refractivity contribution in [2.75, 3.05) is 5.32 Å². The predicted octanol–water partition coefficient (Wildman–Crippen LogP) is 3.63. The molecule has 0 aromatic carbocycles. The number of ether oxygens (including phenoxy) is 1. The molecular weight excluding hydrogens is 210 g/mol. The maximum absolute atomic E-state index is 11.5. The summed E-state index contributed by atoms with van der Waals surface area (Å²) in [5.41, 5.74) is 0. The summed E-state index contributed by atoms with van der Waals surface area (Å²) in [5.74, 6) is 0. The first kappa shape index (κ1) is 10.5. The Morgan fingerprint density at radius 1 is 1.40 bits per heavy atom. The Labute approximate surface area is 93.4 Å². The van der Waals surface area contributed by atoms with Gasteiger partial charge < -0.3 is 4.74 Å². The second kappa shape index (κ2) is 5.16. The number of amides is 1. The minimum absolute atomic E-state index is 0.124. The lowest BCUT2D eigenvalue weighted by molar-refractivity contribution is 0.0866. The molecular formula is C11H15NO2S. The van der Waals surface area contributed by atoms with E-state index in [2.05, 4.69) is 5.32 Å². The Morgan fingerprint density at radius 3 is 2.87 bits per heavy atom. The normalized spacial score (nSPS) is 17.3. The molecule has 1 aromatic heterocycles. The fraction of sp³-hybridized carbons (Fsp3) is 0.545. The van der Waals surface area contributed by atoms with Crippen LogP contribution in [0.5, 0.6) is 0 Å². The van der Waals surface area contributed by atoms with E-state index in [0.717, 1.165) is 17.8 Å². The van der Waals surface area contributed by atoms with E-state index in [1.54, 1.807) is 0 Å². The van der Waals surface area contributed by atoms with Crippen LogP contribution >= 0.6 is 11.3 Å². The van der Waals surface area contributed by atoms with Crippen molar-refractivity contribution in [2.24, 2.45) is 0 Å². The lowest BCUT2D eigenvalue weighted by Gasteiger charge is -2.21. The van der Waals surface area contributed by atoms with Gasteiger partial charge in [0.1, 0.15) is 6.10 Å². The summed E-state index contributed by atoms with van der Waals surface area (Å²) in [4.78, 5) is 11.5. The van der Waals surface area contributed by atoms with Gasteiger partial charge in [-0.2, -0.15) is 0 Å². The highest BCUT2D eigenvalue weighted by atomic mass is 32.1. The molecule has 1 fully saturated rings. The number of hydrogen-bond donors (Lipinski definition) is 1. The van der Waals surface area contributed by atoms with Crippen LogP contribution in [0.25, 0.3) is 0 Å². The number of anilines is 1. The summed E-state index contributed by atoms with van der Waals surface area (Å²) >= 11 is 1.50. The Morgan fingerprint density at radius 2 is 2.20 bits per heavy atom. The molecule has 0 spiro atoms. The SMILES string of the molecule is O=C(Nc1cccs1)OC1CCCCC1. The Bertz CT molecular complexity index is 304. The minimum Gasteiger partial charge on any atom is -0.446 e. The summed E-state index contributed by atoms with van der Waals surface area (Å²) < 4.78 is 5.32. The van der Waals surface area contributed by atoms with E-state index in [-0.39, 0.29) is 12.2 Å². The second-order valence-corrected chi connectivity index (χ2v) is 4.72. The van der Waals surface area contributed by atoms with Crippen LogP contribution in [-0.4, -0.2) is 12.2 Å². The third kappa shape index (κ3) is 3.23. The summed E-state index contributed by atoms with van der Waals surface area (Å²) in [6.45, 7) is 0. The lowest BCUT2D eigenvalue weighted by Crippen LogP contribution is -2.24. The number of nitrogens with one attached hydrogen (secondary N) is 1. The molecule has 0 aliphatic heterocycles. The first-order valence-corrected chi connectivity index (χ1v) is 6.24. The van der Waals surface area contributed by atoms with Crippen molar-refractivity contribution in [1.29, 1.82) is 0 Å². The summed E-state index contributed by atoms with van der Waals surface area (Å²) in [5, 5.41) is 5.50. The first-order valence-electron chi connectivity index (χ1n) is 5.36. The number of carbonyl (C=O) groups is 1. The van der Waals surface area contributed by atoms with E-state index in [9.17, 15) is 4.79 Å². The zero-order valence-electron chi connectivity index (χ0n) is 8.57. The standard InChI is InChI=1S/C11H15NO2S/c13-11(12-10-7-4-8-15-10)14-9-5-2-1-3-6-9/h4,7-9H,1-3,5-6H2,(H,12,13). The van der Waals surface area contributed by atoms with Crippen LogP contribution in [0.3, 0.4) is 0 Å². The van der Waals surface area contributed by atoms with Gasteiger partial charge in [-0.05, 0) is 43.2 Å². The summed E-state index contributed by atoms with van der Waals surface area (Å²) in [7, 11) is 0. The fourth-order valence-corrected chi connectivity index (χ4v) is 2.42. The molecule has 0 radical (unpaired) electrons. The molecule has 1 aliphatic rings. The second-order valence-electron chi connectivity index (χ2n) is 3.77. The van der Waals surface area contributed by atoms with E-state index in [1.165, 1.54) is 30.6 Å². The van der Waals surface area contributed by atoms with Crippen molar-refractivity contribution in [3.05, 3.63) is 17.5 Å². The molecule has 15 heavy (non-hydrogen) atoms. The maximum Gasteiger partial charge on any atom is 0.412 e. The average Bonchev–Trinajstić information content (AvgIpc) is 2.71. The molecule has 0 atom stereocenters. The van der Waals surface area contributed by atoms with Gasteiger partial charge in [-0.25, -0.2) is 4.79 Å². The third-order valence-electron chi connectivity index (χ3n) is 2.57. The average molecular weight is 225 g/mol. The van der Waals surface area contributed by atoms with Crippen LogP contribution in [0.15, 0.2) is 17.5 Å². The maximum atomic E-state index is 11.5. The zero-order valence-corrected chi connectivity index (χ0v) is 9.39. The molecule has 1 aliphatic carbocycles.